The van der Waals surface area contributed by atoms with Crippen LogP contribution in [0.25, 0.3) is 0 Å². The lowest BCUT2D eigenvalue weighted by molar-refractivity contribution is -0.178. The SMILES string of the molecule is CCC(C)(C)C(=O)OC1(C(C)C)CCC2CC21. The average Bonchev–Trinajstić information content (AvgIpc) is 2.97. The zero-order valence-corrected chi connectivity index (χ0v) is 11.9. The molecule has 2 nitrogen and oxygen atoms in total. The van der Waals surface area contributed by atoms with Crippen LogP contribution in [0.3, 0.4) is 0 Å². The first-order valence-corrected chi connectivity index (χ1v) is 7.07. The van der Waals surface area contributed by atoms with E-state index in [-0.39, 0.29) is 17.0 Å². The van der Waals surface area contributed by atoms with Crippen LogP contribution in [-0.4, -0.2) is 11.6 Å². The molecule has 98 valence electrons. The molecule has 0 spiro atoms. The molecular weight excluding hydrogens is 212 g/mol. The Labute approximate surface area is 105 Å². The first-order valence-electron chi connectivity index (χ1n) is 7.07. The summed E-state index contributed by atoms with van der Waals surface area (Å²) in [5, 5.41) is 0. The van der Waals surface area contributed by atoms with Gasteiger partial charge in [-0.2, -0.15) is 0 Å². The van der Waals surface area contributed by atoms with Crippen LogP contribution in [0, 0.1) is 23.2 Å². The molecule has 0 aromatic carbocycles. The summed E-state index contributed by atoms with van der Waals surface area (Å²) in [6, 6.07) is 0. The van der Waals surface area contributed by atoms with Crippen LogP contribution >= 0.6 is 0 Å². The average molecular weight is 238 g/mol. The van der Waals surface area contributed by atoms with Gasteiger partial charge in [0.15, 0.2) is 0 Å². The van der Waals surface area contributed by atoms with Crippen molar-refractivity contribution >= 4 is 5.97 Å². The molecule has 2 saturated carbocycles. The van der Waals surface area contributed by atoms with Gasteiger partial charge in [-0.05, 0) is 51.4 Å². The van der Waals surface area contributed by atoms with Crippen LogP contribution in [0.15, 0.2) is 0 Å². The molecule has 0 N–H and O–H groups in total. The van der Waals surface area contributed by atoms with Crippen LogP contribution in [0.5, 0.6) is 0 Å². The van der Waals surface area contributed by atoms with E-state index in [1.54, 1.807) is 0 Å². The largest absolute Gasteiger partial charge is 0.458 e. The van der Waals surface area contributed by atoms with Gasteiger partial charge in [0.25, 0.3) is 0 Å². The van der Waals surface area contributed by atoms with Crippen LogP contribution in [-0.2, 0) is 9.53 Å². The maximum atomic E-state index is 12.3. The quantitative estimate of drug-likeness (QED) is 0.696. The highest BCUT2D eigenvalue weighted by Crippen LogP contribution is 2.61. The molecule has 0 heterocycles. The van der Waals surface area contributed by atoms with Crippen molar-refractivity contribution in [1.29, 1.82) is 0 Å². The number of rotatable bonds is 4. The van der Waals surface area contributed by atoms with E-state index < -0.39 is 0 Å². The standard InChI is InChI=1S/C15H26O2/c1-6-14(4,5)13(16)17-15(10(2)3)8-7-11-9-12(11)15/h10-12H,6-9H2,1-5H3. The molecule has 2 rings (SSSR count). The lowest BCUT2D eigenvalue weighted by atomic mass is 9.83. The highest BCUT2D eigenvalue weighted by atomic mass is 16.6. The van der Waals surface area contributed by atoms with Gasteiger partial charge in [0.05, 0.1) is 5.41 Å². The number of carbonyl (C=O) groups is 1. The van der Waals surface area contributed by atoms with Gasteiger partial charge in [-0.3, -0.25) is 4.79 Å². The second-order valence-corrected chi connectivity index (χ2v) is 6.88. The van der Waals surface area contributed by atoms with Crippen molar-refractivity contribution in [1.82, 2.24) is 0 Å². The molecule has 3 unspecified atom stereocenters. The number of ether oxygens (including phenoxy) is 1. The highest BCUT2D eigenvalue weighted by molar-refractivity contribution is 5.76. The molecule has 0 amide bonds. The summed E-state index contributed by atoms with van der Waals surface area (Å²) in [5.41, 5.74) is -0.483. The Balaban J connectivity index is 2.12. The molecular formula is C15H26O2. The first-order chi connectivity index (χ1) is 7.83. The Morgan fingerprint density at radius 2 is 2.12 bits per heavy atom. The maximum absolute atomic E-state index is 12.3. The number of fused-ring (bicyclic) bond motifs is 1. The lowest BCUT2D eigenvalue weighted by Gasteiger charge is -2.38. The second kappa shape index (κ2) is 4.00. The van der Waals surface area contributed by atoms with Crippen molar-refractivity contribution in [3.8, 4) is 0 Å². The Morgan fingerprint density at radius 3 is 2.47 bits per heavy atom. The van der Waals surface area contributed by atoms with Gasteiger partial charge in [0, 0.05) is 5.92 Å². The Hall–Kier alpha value is -0.530. The molecule has 2 heteroatoms. The van der Waals surface area contributed by atoms with Crippen LogP contribution in [0.1, 0.15) is 60.3 Å². The molecule has 2 aliphatic carbocycles. The molecule has 0 aromatic rings. The smallest absolute Gasteiger partial charge is 0.312 e. The Morgan fingerprint density at radius 1 is 1.47 bits per heavy atom. The van der Waals surface area contributed by atoms with E-state index in [2.05, 4.69) is 20.8 Å². The number of hydrogen-bond acceptors (Lipinski definition) is 2. The summed E-state index contributed by atoms with van der Waals surface area (Å²) in [7, 11) is 0. The van der Waals surface area contributed by atoms with Gasteiger partial charge in [0.1, 0.15) is 5.60 Å². The third kappa shape index (κ3) is 2.00. The monoisotopic (exact) mass is 238 g/mol. The fourth-order valence-corrected chi connectivity index (χ4v) is 3.18. The van der Waals surface area contributed by atoms with E-state index in [1.807, 2.05) is 13.8 Å². The van der Waals surface area contributed by atoms with Crippen molar-refractivity contribution < 1.29 is 9.53 Å². The molecule has 0 radical (unpaired) electrons. The van der Waals surface area contributed by atoms with Crippen LogP contribution < -0.4 is 0 Å². The van der Waals surface area contributed by atoms with Gasteiger partial charge < -0.3 is 4.74 Å². The Bertz CT molecular complexity index is 319. The van der Waals surface area contributed by atoms with Gasteiger partial charge in [-0.25, -0.2) is 0 Å². The Kier molecular flexibility index (Phi) is 3.04. The zero-order chi connectivity index (χ0) is 12.8. The van der Waals surface area contributed by atoms with E-state index in [4.69, 9.17) is 4.74 Å². The molecule has 17 heavy (non-hydrogen) atoms. The number of esters is 1. The maximum Gasteiger partial charge on any atom is 0.312 e. The zero-order valence-electron chi connectivity index (χ0n) is 11.9. The molecule has 0 aliphatic heterocycles. The summed E-state index contributed by atoms with van der Waals surface area (Å²) in [4.78, 5) is 12.3. The van der Waals surface area contributed by atoms with Crippen molar-refractivity contribution in [3.63, 3.8) is 0 Å². The fourth-order valence-electron chi connectivity index (χ4n) is 3.18. The van der Waals surface area contributed by atoms with E-state index in [0.29, 0.717) is 11.8 Å². The molecule has 0 saturated heterocycles. The molecule has 0 bridgehead atoms. The van der Waals surface area contributed by atoms with Crippen molar-refractivity contribution in [2.24, 2.45) is 23.2 Å². The summed E-state index contributed by atoms with van der Waals surface area (Å²) in [6.45, 7) is 10.4. The first kappa shape index (κ1) is 12.9. The van der Waals surface area contributed by atoms with Gasteiger partial charge in [0.2, 0.25) is 0 Å². The second-order valence-electron chi connectivity index (χ2n) is 6.88. The summed E-state index contributed by atoms with van der Waals surface area (Å²) in [5.74, 6) is 1.94. The molecule has 0 aromatic heterocycles. The predicted octanol–water partition coefficient (Wildman–Crippen LogP) is 3.79. The van der Waals surface area contributed by atoms with Crippen LogP contribution in [0.4, 0.5) is 0 Å². The molecule has 3 atom stereocenters. The van der Waals surface area contributed by atoms with E-state index in [0.717, 1.165) is 18.8 Å². The molecule has 2 fully saturated rings. The van der Waals surface area contributed by atoms with Crippen LogP contribution in [0.2, 0.25) is 0 Å². The van der Waals surface area contributed by atoms with E-state index in [9.17, 15) is 4.79 Å². The van der Waals surface area contributed by atoms with Crippen molar-refractivity contribution in [2.45, 2.75) is 65.9 Å². The molecule has 2 aliphatic rings. The number of hydrogen-bond donors (Lipinski definition) is 0. The highest BCUT2D eigenvalue weighted by Gasteiger charge is 2.62. The fraction of sp³-hybridized carbons (Fsp3) is 0.933. The van der Waals surface area contributed by atoms with E-state index in [1.165, 1.54) is 12.8 Å². The minimum Gasteiger partial charge on any atom is -0.458 e. The normalized spacial score (nSPS) is 35.9. The predicted molar refractivity (Wildman–Crippen MR) is 68.6 cm³/mol. The van der Waals surface area contributed by atoms with Gasteiger partial charge in [-0.15, -0.1) is 0 Å². The summed E-state index contributed by atoms with van der Waals surface area (Å²) in [6.07, 6.45) is 4.44. The third-order valence-corrected chi connectivity index (χ3v) is 5.15. The minimum atomic E-state index is -0.338. The lowest BCUT2D eigenvalue weighted by Crippen LogP contribution is -2.44. The third-order valence-electron chi connectivity index (χ3n) is 5.15. The summed E-state index contributed by atoms with van der Waals surface area (Å²) < 4.78 is 6.03. The van der Waals surface area contributed by atoms with Gasteiger partial charge in [-0.1, -0.05) is 20.8 Å². The summed E-state index contributed by atoms with van der Waals surface area (Å²) >= 11 is 0. The van der Waals surface area contributed by atoms with Gasteiger partial charge >= 0.3 is 5.97 Å². The number of carbonyl (C=O) groups excluding carboxylic acids is 1. The van der Waals surface area contributed by atoms with E-state index >= 15 is 0 Å². The van der Waals surface area contributed by atoms with Crippen molar-refractivity contribution in [2.75, 3.05) is 0 Å². The topological polar surface area (TPSA) is 26.3 Å². The minimum absolute atomic E-state index is 0.00116. The van der Waals surface area contributed by atoms with Crippen molar-refractivity contribution in [3.05, 3.63) is 0 Å².